The lowest BCUT2D eigenvalue weighted by atomic mass is 10.1. The molecule has 1 unspecified atom stereocenters. The van der Waals surface area contributed by atoms with Crippen LogP contribution < -0.4 is 0 Å². The van der Waals surface area contributed by atoms with Gasteiger partial charge in [0, 0.05) is 24.0 Å². The van der Waals surface area contributed by atoms with Crippen LogP contribution in [-0.2, 0) is 7.05 Å². The van der Waals surface area contributed by atoms with Crippen molar-refractivity contribution in [2.75, 3.05) is 5.33 Å². The number of alkyl halides is 1. The molecule has 0 amide bonds. The van der Waals surface area contributed by atoms with E-state index in [9.17, 15) is 0 Å². The summed E-state index contributed by atoms with van der Waals surface area (Å²) in [4.78, 5) is 0. The first-order valence-electron chi connectivity index (χ1n) is 3.40. The normalized spacial score (nSPS) is 13.5. The van der Waals surface area contributed by atoms with Gasteiger partial charge in [-0.2, -0.15) is 5.10 Å². The largest absolute Gasteiger partial charge is 0.271 e. The zero-order valence-corrected chi connectivity index (χ0v) is 9.68. The first kappa shape index (κ1) is 9.26. The van der Waals surface area contributed by atoms with Crippen molar-refractivity contribution in [3.05, 3.63) is 16.4 Å². The maximum Gasteiger partial charge on any atom is 0.128 e. The molecule has 0 aliphatic rings. The molecule has 0 saturated carbocycles. The van der Waals surface area contributed by atoms with E-state index in [0.29, 0.717) is 5.92 Å². The molecule has 62 valence electrons. The lowest BCUT2D eigenvalue weighted by molar-refractivity contribution is 0.672. The van der Waals surface area contributed by atoms with E-state index in [0.717, 1.165) is 9.93 Å². The Balaban J connectivity index is 2.93. The van der Waals surface area contributed by atoms with Gasteiger partial charge in [0.1, 0.15) is 4.60 Å². The van der Waals surface area contributed by atoms with E-state index in [1.54, 1.807) is 0 Å². The van der Waals surface area contributed by atoms with Crippen molar-refractivity contribution in [3.8, 4) is 0 Å². The number of hydrogen-bond acceptors (Lipinski definition) is 1. The molecule has 0 spiro atoms. The fourth-order valence-corrected chi connectivity index (χ4v) is 1.79. The SMILES string of the molecule is CC(CBr)c1cc(Br)nn1C. The Morgan fingerprint density at radius 1 is 1.73 bits per heavy atom. The van der Waals surface area contributed by atoms with Crippen molar-refractivity contribution in [1.29, 1.82) is 0 Å². The molecule has 1 aromatic heterocycles. The van der Waals surface area contributed by atoms with E-state index >= 15 is 0 Å². The summed E-state index contributed by atoms with van der Waals surface area (Å²) in [6, 6.07) is 2.05. The molecule has 0 aliphatic carbocycles. The predicted octanol–water partition coefficient (Wildman–Crippen LogP) is 2.68. The molecule has 1 atom stereocenters. The summed E-state index contributed by atoms with van der Waals surface area (Å²) in [6.07, 6.45) is 0. The quantitative estimate of drug-likeness (QED) is 0.762. The predicted molar refractivity (Wildman–Crippen MR) is 53.1 cm³/mol. The van der Waals surface area contributed by atoms with Gasteiger partial charge in [0.2, 0.25) is 0 Å². The summed E-state index contributed by atoms with van der Waals surface area (Å²) in [7, 11) is 1.96. The zero-order chi connectivity index (χ0) is 8.43. The van der Waals surface area contributed by atoms with E-state index in [4.69, 9.17) is 0 Å². The molecule has 0 fully saturated rings. The molecular weight excluding hydrogens is 272 g/mol. The number of nitrogens with zero attached hydrogens (tertiary/aromatic N) is 2. The Morgan fingerprint density at radius 3 is 2.73 bits per heavy atom. The summed E-state index contributed by atoms with van der Waals surface area (Å²) < 4.78 is 2.80. The summed E-state index contributed by atoms with van der Waals surface area (Å²) in [6.45, 7) is 2.16. The van der Waals surface area contributed by atoms with Crippen molar-refractivity contribution in [1.82, 2.24) is 9.78 Å². The molecule has 0 saturated heterocycles. The first-order chi connectivity index (χ1) is 5.15. The molecule has 4 heteroatoms. The fraction of sp³-hybridized carbons (Fsp3) is 0.571. The highest BCUT2D eigenvalue weighted by atomic mass is 79.9. The molecule has 11 heavy (non-hydrogen) atoms. The molecule has 2 nitrogen and oxygen atoms in total. The van der Waals surface area contributed by atoms with Gasteiger partial charge in [-0.25, -0.2) is 0 Å². The Morgan fingerprint density at radius 2 is 2.36 bits per heavy atom. The monoisotopic (exact) mass is 280 g/mol. The minimum absolute atomic E-state index is 0.513. The van der Waals surface area contributed by atoms with Gasteiger partial charge in [-0.3, -0.25) is 4.68 Å². The van der Waals surface area contributed by atoms with Crippen LogP contribution >= 0.6 is 31.9 Å². The topological polar surface area (TPSA) is 17.8 Å². The molecule has 1 rings (SSSR count). The Kier molecular flexibility index (Phi) is 3.13. The molecule has 1 aromatic rings. The Bertz CT molecular complexity index is 245. The van der Waals surface area contributed by atoms with Crippen molar-refractivity contribution in [2.45, 2.75) is 12.8 Å². The van der Waals surface area contributed by atoms with Crippen molar-refractivity contribution >= 4 is 31.9 Å². The third kappa shape index (κ3) is 2.06. The van der Waals surface area contributed by atoms with Gasteiger partial charge < -0.3 is 0 Å². The van der Waals surface area contributed by atoms with Crippen molar-refractivity contribution in [2.24, 2.45) is 7.05 Å². The second-order valence-corrected chi connectivity index (χ2v) is 4.03. The summed E-state index contributed by atoms with van der Waals surface area (Å²) >= 11 is 6.77. The van der Waals surface area contributed by atoms with E-state index in [1.807, 2.05) is 17.8 Å². The van der Waals surface area contributed by atoms with Crippen LogP contribution in [0.15, 0.2) is 10.7 Å². The molecule has 0 aromatic carbocycles. The van der Waals surface area contributed by atoms with Gasteiger partial charge in [-0.1, -0.05) is 22.9 Å². The third-order valence-electron chi connectivity index (χ3n) is 1.62. The van der Waals surface area contributed by atoms with Crippen LogP contribution in [0.1, 0.15) is 18.5 Å². The standard InChI is InChI=1S/C7H10Br2N2/c1-5(4-8)6-3-7(9)10-11(6)2/h3,5H,4H2,1-2H3. The van der Waals surface area contributed by atoms with Crippen LogP contribution in [0.25, 0.3) is 0 Å². The summed E-state index contributed by atoms with van der Waals surface area (Å²) in [5, 5.41) is 5.16. The fourth-order valence-electron chi connectivity index (χ4n) is 0.986. The van der Waals surface area contributed by atoms with Crippen LogP contribution in [0.5, 0.6) is 0 Å². The van der Waals surface area contributed by atoms with Gasteiger partial charge in [-0.15, -0.1) is 0 Å². The summed E-state index contributed by atoms with van der Waals surface area (Å²) in [5.74, 6) is 0.513. The van der Waals surface area contributed by atoms with Gasteiger partial charge >= 0.3 is 0 Å². The molecule has 0 radical (unpaired) electrons. The second kappa shape index (κ2) is 3.72. The number of halogens is 2. The maximum atomic E-state index is 4.19. The average molecular weight is 282 g/mol. The van der Waals surface area contributed by atoms with Crippen LogP contribution in [0, 0.1) is 0 Å². The van der Waals surface area contributed by atoms with E-state index in [-0.39, 0.29) is 0 Å². The van der Waals surface area contributed by atoms with Gasteiger partial charge in [0.05, 0.1) is 0 Å². The highest BCUT2D eigenvalue weighted by Gasteiger charge is 2.09. The third-order valence-corrected chi connectivity index (χ3v) is 2.98. The summed E-state index contributed by atoms with van der Waals surface area (Å²) in [5.41, 5.74) is 1.24. The zero-order valence-electron chi connectivity index (χ0n) is 6.51. The van der Waals surface area contributed by atoms with Crippen LogP contribution in [0.3, 0.4) is 0 Å². The van der Waals surface area contributed by atoms with Gasteiger partial charge in [0.15, 0.2) is 0 Å². The van der Waals surface area contributed by atoms with E-state index < -0.39 is 0 Å². The number of aromatic nitrogens is 2. The van der Waals surface area contributed by atoms with Crippen LogP contribution in [0.4, 0.5) is 0 Å². The van der Waals surface area contributed by atoms with E-state index in [1.165, 1.54) is 5.69 Å². The lowest BCUT2D eigenvalue weighted by Gasteiger charge is -2.06. The molecule has 0 N–H and O–H groups in total. The molecule has 1 heterocycles. The number of aryl methyl sites for hydroxylation is 1. The smallest absolute Gasteiger partial charge is 0.128 e. The van der Waals surface area contributed by atoms with Crippen molar-refractivity contribution in [3.63, 3.8) is 0 Å². The highest BCUT2D eigenvalue weighted by Crippen LogP contribution is 2.19. The Labute approximate surface area is 83.2 Å². The van der Waals surface area contributed by atoms with Crippen LogP contribution in [-0.4, -0.2) is 15.1 Å². The highest BCUT2D eigenvalue weighted by molar-refractivity contribution is 9.10. The van der Waals surface area contributed by atoms with Crippen molar-refractivity contribution < 1.29 is 0 Å². The molecule has 0 bridgehead atoms. The maximum absolute atomic E-state index is 4.19. The first-order valence-corrected chi connectivity index (χ1v) is 5.32. The second-order valence-electron chi connectivity index (χ2n) is 2.57. The average Bonchev–Trinajstić information content (AvgIpc) is 2.28. The molecule has 0 aliphatic heterocycles. The minimum Gasteiger partial charge on any atom is -0.271 e. The Hall–Kier alpha value is 0.170. The van der Waals surface area contributed by atoms with Gasteiger partial charge in [-0.05, 0) is 22.0 Å². The van der Waals surface area contributed by atoms with Crippen LogP contribution in [0.2, 0.25) is 0 Å². The molecular formula is C7H10Br2N2. The minimum atomic E-state index is 0.513. The van der Waals surface area contributed by atoms with Gasteiger partial charge in [0.25, 0.3) is 0 Å². The number of hydrogen-bond donors (Lipinski definition) is 0. The van der Waals surface area contributed by atoms with E-state index in [2.05, 4.69) is 43.9 Å². The lowest BCUT2D eigenvalue weighted by Crippen LogP contribution is -2.03. The number of rotatable bonds is 2.